The van der Waals surface area contributed by atoms with E-state index in [0.717, 1.165) is 11.6 Å². The van der Waals surface area contributed by atoms with Crippen LogP contribution in [0.3, 0.4) is 0 Å². The largest absolute Gasteiger partial charge is 0.385 e. The van der Waals surface area contributed by atoms with Crippen molar-refractivity contribution >= 4 is 11.6 Å². The Hall–Kier alpha value is -1.12. The molecule has 10 heavy (non-hydrogen) atoms. The van der Waals surface area contributed by atoms with Crippen molar-refractivity contribution < 1.29 is 0 Å². The van der Waals surface area contributed by atoms with Crippen molar-refractivity contribution in [2.45, 2.75) is 0 Å². The molecule has 3 nitrogen and oxygen atoms in total. The van der Waals surface area contributed by atoms with Crippen LogP contribution in [-0.4, -0.2) is 18.7 Å². The van der Waals surface area contributed by atoms with Gasteiger partial charge in [0.15, 0.2) is 0 Å². The molecule has 0 aliphatic heterocycles. The van der Waals surface area contributed by atoms with Crippen molar-refractivity contribution in [1.82, 2.24) is 4.57 Å². The lowest BCUT2D eigenvalue weighted by Gasteiger charge is -2.13. The Balaban J connectivity index is 3.05. The average Bonchev–Trinajstić information content (AvgIpc) is 2.14. The Labute approximate surface area is 61.0 Å². The summed E-state index contributed by atoms with van der Waals surface area (Å²) in [5.41, 5.74) is 5.61. The maximum Gasteiger partial charge on any atom is 0.109 e. The predicted molar refractivity (Wildman–Crippen MR) is 44.2 cm³/mol. The molecule has 0 spiro atoms. The molecule has 0 amide bonds. The quantitative estimate of drug-likeness (QED) is 0.620. The summed E-state index contributed by atoms with van der Waals surface area (Å²) >= 11 is 0. The Morgan fingerprint density at radius 2 is 2.00 bits per heavy atom. The number of anilines is 2. The molecule has 0 saturated carbocycles. The van der Waals surface area contributed by atoms with Crippen LogP contribution in [0.15, 0.2) is 12.1 Å². The van der Waals surface area contributed by atoms with Gasteiger partial charge in [-0.1, -0.05) is 0 Å². The Morgan fingerprint density at radius 3 is 2.20 bits per heavy atom. The molecule has 0 aliphatic rings. The molecule has 56 valence electrons. The van der Waals surface area contributed by atoms with Gasteiger partial charge in [-0.05, 0) is 12.1 Å². The van der Waals surface area contributed by atoms with Gasteiger partial charge in [0.25, 0.3) is 0 Å². The maximum atomic E-state index is 5.61. The van der Waals surface area contributed by atoms with E-state index in [0.29, 0.717) is 0 Å². The molecule has 0 radical (unpaired) electrons. The lowest BCUT2D eigenvalue weighted by atomic mass is 10.6. The second-order valence-corrected chi connectivity index (χ2v) is 2.57. The van der Waals surface area contributed by atoms with Crippen LogP contribution in [0.1, 0.15) is 0 Å². The highest BCUT2D eigenvalue weighted by Gasteiger charge is 2.00. The van der Waals surface area contributed by atoms with E-state index >= 15 is 0 Å². The van der Waals surface area contributed by atoms with Crippen molar-refractivity contribution in [2.75, 3.05) is 24.7 Å². The molecule has 2 N–H and O–H groups in total. The predicted octanol–water partition coefficient (Wildman–Crippen LogP) is 0.673. The van der Waals surface area contributed by atoms with E-state index in [4.69, 9.17) is 5.73 Å². The minimum Gasteiger partial charge on any atom is -0.385 e. The zero-order valence-corrected chi connectivity index (χ0v) is 6.63. The second-order valence-electron chi connectivity index (χ2n) is 2.57. The summed E-state index contributed by atoms with van der Waals surface area (Å²) in [4.78, 5) is 2.02. The fourth-order valence-electron chi connectivity index (χ4n) is 0.965. The highest BCUT2D eigenvalue weighted by atomic mass is 15.2. The van der Waals surface area contributed by atoms with Gasteiger partial charge in [0.1, 0.15) is 11.6 Å². The average molecular weight is 139 g/mol. The van der Waals surface area contributed by atoms with E-state index in [9.17, 15) is 0 Å². The third-order valence-corrected chi connectivity index (χ3v) is 1.59. The van der Waals surface area contributed by atoms with Gasteiger partial charge < -0.3 is 15.2 Å². The van der Waals surface area contributed by atoms with Crippen molar-refractivity contribution in [3.05, 3.63) is 12.1 Å². The lowest BCUT2D eigenvalue weighted by Crippen LogP contribution is -2.13. The topological polar surface area (TPSA) is 34.2 Å². The molecule has 1 heterocycles. The standard InChI is InChI=1S/C7H13N3/c1-9(2)7-5-4-6(8)10(7)3/h4-5H,8H2,1-3H3. The summed E-state index contributed by atoms with van der Waals surface area (Å²) in [6, 6.07) is 3.89. The summed E-state index contributed by atoms with van der Waals surface area (Å²) in [6.45, 7) is 0. The van der Waals surface area contributed by atoms with Crippen molar-refractivity contribution in [1.29, 1.82) is 0 Å². The Kier molecular flexibility index (Phi) is 1.57. The fourth-order valence-corrected chi connectivity index (χ4v) is 0.965. The van der Waals surface area contributed by atoms with Gasteiger partial charge in [0, 0.05) is 21.1 Å². The van der Waals surface area contributed by atoms with E-state index in [2.05, 4.69) is 0 Å². The Bertz CT molecular complexity index is 225. The highest BCUT2D eigenvalue weighted by molar-refractivity contribution is 5.48. The molecular weight excluding hydrogens is 126 g/mol. The minimum absolute atomic E-state index is 0.795. The molecule has 1 aromatic rings. The van der Waals surface area contributed by atoms with Crippen LogP contribution in [0.5, 0.6) is 0 Å². The molecule has 0 aliphatic carbocycles. The van der Waals surface area contributed by atoms with Gasteiger partial charge in [0.05, 0.1) is 0 Å². The first kappa shape index (κ1) is 6.99. The van der Waals surface area contributed by atoms with E-state index in [1.807, 2.05) is 42.7 Å². The first-order valence-electron chi connectivity index (χ1n) is 3.21. The number of hydrogen-bond acceptors (Lipinski definition) is 2. The van der Waals surface area contributed by atoms with E-state index < -0.39 is 0 Å². The molecule has 0 fully saturated rings. The monoisotopic (exact) mass is 139 g/mol. The van der Waals surface area contributed by atoms with Crippen LogP contribution in [0.4, 0.5) is 11.6 Å². The number of nitrogen functional groups attached to an aromatic ring is 1. The number of rotatable bonds is 1. The lowest BCUT2D eigenvalue weighted by molar-refractivity contribution is 0.896. The van der Waals surface area contributed by atoms with Gasteiger partial charge in [-0.15, -0.1) is 0 Å². The SMILES string of the molecule is CN(C)c1ccc(N)n1C. The molecule has 0 aromatic carbocycles. The zero-order valence-electron chi connectivity index (χ0n) is 6.63. The summed E-state index contributed by atoms with van der Waals surface area (Å²) in [5.74, 6) is 1.92. The molecule has 0 unspecified atom stereocenters. The summed E-state index contributed by atoms with van der Waals surface area (Å²) in [5, 5.41) is 0. The highest BCUT2D eigenvalue weighted by Crippen LogP contribution is 2.15. The first-order chi connectivity index (χ1) is 4.63. The molecule has 0 atom stereocenters. The molecule has 1 aromatic heterocycles. The maximum absolute atomic E-state index is 5.61. The summed E-state index contributed by atoms with van der Waals surface area (Å²) in [6.07, 6.45) is 0. The third-order valence-electron chi connectivity index (χ3n) is 1.59. The van der Waals surface area contributed by atoms with Crippen LogP contribution >= 0.6 is 0 Å². The number of nitrogens with zero attached hydrogens (tertiary/aromatic N) is 2. The van der Waals surface area contributed by atoms with Crippen molar-refractivity contribution in [3.8, 4) is 0 Å². The van der Waals surface area contributed by atoms with Crippen molar-refractivity contribution in [2.24, 2.45) is 7.05 Å². The molecule has 0 saturated heterocycles. The van der Waals surface area contributed by atoms with Gasteiger partial charge in [-0.25, -0.2) is 0 Å². The van der Waals surface area contributed by atoms with Crippen LogP contribution in [0.25, 0.3) is 0 Å². The molecule has 3 heteroatoms. The fraction of sp³-hybridized carbons (Fsp3) is 0.429. The zero-order chi connectivity index (χ0) is 7.72. The smallest absolute Gasteiger partial charge is 0.109 e. The van der Waals surface area contributed by atoms with E-state index in [1.165, 1.54) is 0 Å². The van der Waals surface area contributed by atoms with Crippen LogP contribution in [0.2, 0.25) is 0 Å². The molecular formula is C7H13N3. The van der Waals surface area contributed by atoms with Crippen LogP contribution in [-0.2, 0) is 7.05 Å². The number of nitrogens with two attached hydrogens (primary N) is 1. The second kappa shape index (κ2) is 2.25. The number of aromatic nitrogens is 1. The molecule has 0 bridgehead atoms. The third kappa shape index (κ3) is 0.943. The van der Waals surface area contributed by atoms with Crippen LogP contribution in [0, 0.1) is 0 Å². The summed E-state index contributed by atoms with van der Waals surface area (Å²) < 4.78 is 1.94. The Morgan fingerprint density at radius 1 is 1.40 bits per heavy atom. The van der Waals surface area contributed by atoms with Crippen LogP contribution < -0.4 is 10.6 Å². The van der Waals surface area contributed by atoms with Gasteiger partial charge in [-0.2, -0.15) is 0 Å². The van der Waals surface area contributed by atoms with Crippen molar-refractivity contribution in [3.63, 3.8) is 0 Å². The van der Waals surface area contributed by atoms with Gasteiger partial charge >= 0.3 is 0 Å². The van der Waals surface area contributed by atoms with Gasteiger partial charge in [0.2, 0.25) is 0 Å². The molecule has 1 rings (SSSR count). The minimum atomic E-state index is 0.795. The van der Waals surface area contributed by atoms with E-state index in [-0.39, 0.29) is 0 Å². The normalized spacial score (nSPS) is 9.90. The number of hydrogen-bond donors (Lipinski definition) is 1. The summed E-state index contributed by atoms with van der Waals surface area (Å²) in [7, 11) is 5.94. The first-order valence-corrected chi connectivity index (χ1v) is 3.21. The van der Waals surface area contributed by atoms with E-state index in [1.54, 1.807) is 0 Å². The van der Waals surface area contributed by atoms with Gasteiger partial charge in [-0.3, -0.25) is 0 Å².